The van der Waals surface area contributed by atoms with Crippen molar-refractivity contribution in [1.82, 2.24) is 5.32 Å². The minimum absolute atomic E-state index is 0.0920. The molecule has 0 unspecified atom stereocenters. The molecule has 0 radical (unpaired) electrons. The topological polar surface area (TPSA) is 21.3 Å². The van der Waals surface area contributed by atoms with Crippen molar-refractivity contribution in [3.05, 3.63) is 0 Å². The van der Waals surface area contributed by atoms with E-state index < -0.39 is 12.7 Å². The number of rotatable bonds is 3. The highest BCUT2D eigenvalue weighted by atomic mass is 19.4. The maximum Gasteiger partial charge on any atom is 0.401 e. The highest BCUT2D eigenvalue weighted by Crippen LogP contribution is 2.25. The van der Waals surface area contributed by atoms with Crippen LogP contribution in [0.3, 0.4) is 0 Å². The normalized spacial score (nSPS) is 22.0. The zero-order chi connectivity index (χ0) is 9.24. The Bertz CT molecular complexity index is 153. The Balaban J connectivity index is 2.10. The van der Waals surface area contributed by atoms with E-state index in [1.807, 2.05) is 6.92 Å². The van der Waals surface area contributed by atoms with Gasteiger partial charge in [0.2, 0.25) is 0 Å². The average Bonchev–Trinajstić information content (AvgIpc) is 1.81. The molecule has 0 aromatic rings. The van der Waals surface area contributed by atoms with E-state index in [4.69, 9.17) is 4.74 Å². The fourth-order valence-corrected chi connectivity index (χ4v) is 1.06. The molecule has 0 bridgehead atoms. The lowest BCUT2D eigenvalue weighted by Crippen LogP contribution is -2.48. The quantitative estimate of drug-likeness (QED) is 0.709. The molecule has 0 aromatic heterocycles. The van der Waals surface area contributed by atoms with Crippen LogP contribution in [-0.2, 0) is 4.74 Å². The average molecular weight is 183 g/mol. The van der Waals surface area contributed by atoms with Crippen LogP contribution in [0.5, 0.6) is 0 Å². The SMILES string of the molecule is CC1(CNCC(F)(F)F)COC1. The molecule has 0 amide bonds. The van der Waals surface area contributed by atoms with E-state index in [1.54, 1.807) is 0 Å². The van der Waals surface area contributed by atoms with E-state index in [9.17, 15) is 13.2 Å². The van der Waals surface area contributed by atoms with Crippen LogP contribution in [0.25, 0.3) is 0 Å². The fraction of sp³-hybridized carbons (Fsp3) is 1.00. The van der Waals surface area contributed by atoms with Crippen LogP contribution < -0.4 is 5.32 Å². The standard InChI is InChI=1S/C7H12F3NO/c1-6(4-12-5-6)2-11-3-7(8,9)10/h11H,2-5H2,1H3. The summed E-state index contributed by atoms with van der Waals surface area (Å²) in [6, 6.07) is 0. The monoisotopic (exact) mass is 183 g/mol. The van der Waals surface area contributed by atoms with Gasteiger partial charge in [-0.05, 0) is 0 Å². The summed E-state index contributed by atoms with van der Waals surface area (Å²) in [5.74, 6) is 0. The van der Waals surface area contributed by atoms with E-state index in [0.717, 1.165) is 0 Å². The van der Waals surface area contributed by atoms with E-state index in [-0.39, 0.29) is 5.41 Å². The smallest absolute Gasteiger partial charge is 0.380 e. The first-order chi connectivity index (χ1) is 5.41. The Kier molecular flexibility index (Phi) is 2.63. The summed E-state index contributed by atoms with van der Waals surface area (Å²) >= 11 is 0. The Hall–Kier alpha value is -0.290. The molecular weight excluding hydrogens is 171 g/mol. The maximum absolute atomic E-state index is 11.7. The Morgan fingerprint density at radius 3 is 2.33 bits per heavy atom. The summed E-state index contributed by atoms with van der Waals surface area (Å²) in [5, 5.41) is 2.36. The molecule has 5 heteroatoms. The molecule has 0 aliphatic carbocycles. The third-order valence-corrected chi connectivity index (χ3v) is 1.78. The van der Waals surface area contributed by atoms with Crippen molar-refractivity contribution in [1.29, 1.82) is 0 Å². The molecule has 1 rings (SSSR count). The molecule has 1 N–H and O–H groups in total. The fourth-order valence-electron chi connectivity index (χ4n) is 1.06. The van der Waals surface area contributed by atoms with Gasteiger partial charge in [-0.2, -0.15) is 13.2 Å². The number of ether oxygens (including phenoxy) is 1. The van der Waals surface area contributed by atoms with Gasteiger partial charge in [0.15, 0.2) is 0 Å². The lowest BCUT2D eigenvalue weighted by molar-refractivity contribution is -0.134. The summed E-state index contributed by atoms with van der Waals surface area (Å²) in [4.78, 5) is 0. The van der Waals surface area contributed by atoms with Crippen LogP contribution in [-0.4, -0.2) is 32.5 Å². The lowest BCUT2D eigenvalue weighted by atomic mass is 9.89. The molecule has 1 heterocycles. The Morgan fingerprint density at radius 2 is 2.00 bits per heavy atom. The van der Waals surface area contributed by atoms with Crippen LogP contribution >= 0.6 is 0 Å². The highest BCUT2D eigenvalue weighted by molar-refractivity contribution is 4.83. The second-order valence-electron chi connectivity index (χ2n) is 3.52. The molecule has 12 heavy (non-hydrogen) atoms. The molecule has 1 fully saturated rings. The summed E-state index contributed by atoms with van der Waals surface area (Å²) < 4.78 is 39.9. The van der Waals surface area contributed by atoms with Crippen LogP contribution in [0.2, 0.25) is 0 Å². The van der Waals surface area contributed by atoms with Gasteiger partial charge in [-0.25, -0.2) is 0 Å². The van der Waals surface area contributed by atoms with Gasteiger partial charge in [-0.3, -0.25) is 0 Å². The van der Waals surface area contributed by atoms with Crippen LogP contribution in [0.4, 0.5) is 13.2 Å². The third-order valence-electron chi connectivity index (χ3n) is 1.78. The van der Waals surface area contributed by atoms with Gasteiger partial charge in [0.05, 0.1) is 19.8 Å². The molecule has 1 saturated heterocycles. The zero-order valence-electron chi connectivity index (χ0n) is 6.87. The predicted octanol–water partition coefficient (Wildman–Crippen LogP) is 1.17. The van der Waals surface area contributed by atoms with Crippen LogP contribution in [0.1, 0.15) is 6.92 Å². The first-order valence-corrected chi connectivity index (χ1v) is 3.77. The molecule has 0 spiro atoms. The van der Waals surface area contributed by atoms with E-state index in [2.05, 4.69) is 5.32 Å². The minimum Gasteiger partial charge on any atom is -0.380 e. The van der Waals surface area contributed by atoms with Crippen molar-refractivity contribution in [3.63, 3.8) is 0 Å². The molecule has 72 valence electrons. The van der Waals surface area contributed by atoms with Gasteiger partial charge < -0.3 is 10.1 Å². The van der Waals surface area contributed by atoms with Gasteiger partial charge in [0, 0.05) is 12.0 Å². The van der Waals surface area contributed by atoms with Crippen molar-refractivity contribution < 1.29 is 17.9 Å². The van der Waals surface area contributed by atoms with Gasteiger partial charge >= 0.3 is 6.18 Å². The van der Waals surface area contributed by atoms with E-state index >= 15 is 0 Å². The summed E-state index contributed by atoms with van der Waals surface area (Å²) in [5.41, 5.74) is -0.0920. The third kappa shape index (κ3) is 2.98. The van der Waals surface area contributed by atoms with Crippen LogP contribution in [0, 0.1) is 5.41 Å². The lowest BCUT2D eigenvalue weighted by Gasteiger charge is -2.38. The molecule has 0 atom stereocenters. The molecular formula is C7H12F3NO. The van der Waals surface area contributed by atoms with E-state index in [1.165, 1.54) is 0 Å². The second kappa shape index (κ2) is 3.22. The summed E-state index contributed by atoms with van der Waals surface area (Å²) in [7, 11) is 0. The Labute approximate surface area is 69.1 Å². The minimum atomic E-state index is -4.11. The first kappa shape index (κ1) is 9.80. The highest BCUT2D eigenvalue weighted by Gasteiger charge is 2.34. The molecule has 0 aromatic carbocycles. The number of hydrogen-bond donors (Lipinski definition) is 1. The summed E-state index contributed by atoms with van der Waals surface area (Å²) in [6.45, 7) is 2.46. The van der Waals surface area contributed by atoms with Gasteiger partial charge in [0.1, 0.15) is 0 Å². The van der Waals surface area contributed by atoms with E-state index in [0.29, 0.717) is 19.8 Å². The van der Waals surface area contributed by atoms with Crippen molar-refractivity contribution >= 4 is 0 Å². The van der Waals surface area contributed by atoms with Gasteiger partial charge in [-0.15, -0.1) is 0 Å². The molecule has 1 aliphatic rings. The molecule has 2 nitrogen and oxygen atoms in total. The first-order valence-electron chi connectivity index (χ1n) is 3.77. The van der Waals surface area contributed by atoms with Gasteiger partial charge in [-0.1, -0.05) is 6.92 Å². The van der Waals surface area contributed by atoms with Crippen molar-refractivity contribution in [2.45, 2.75) is 13.1 Å². The summed E-state index contributed by atoms with van der Waals surface area (Å²) in [6.07, 6.45) is -4.11. The number of nitrogens with one attached hydrogen (secondary N) is 1. The predicted molar refractivity (Wildman–Crippen MR) is 37.9 cm³/mol. The van der Waals surface area contributed by atoms with Gasteiger partial charge in [0.25, 0.3) is 0 Å². The van der Waals surface area contributed by atoms with Crippen molar-refractivity contribution in [3.8, 4) is 0 Å². The second-order valence-corrected chi connectivity index (χ2v) is 3.52. The van der Waals surface area contributed by atoms with Crippen LogP contribution in [0.15, 0.2) is 0 Å². The van der Waals surface area contributed by atoms with Crippen molar-refractivity contribution in [2.75, 3.05) is 26.3 Å². The maximum atomic E-state index is 11.7. The molecule has 0 saturated carbocycles. The molecule has 1 aliphatic heterocycles. The number of hydrogen-bond acceptors (Lipinski definition) is 2. The zero-order valence-corrected chi connectivity index (χ0v) is 6.87. The largest absolute Gasteiger partial charge is 0.401 e. The number of alkyl halides is 3. The Morgan fingerprint density at radius 1 is 1.42 bits per heavy atom. The van der Waals surface area contributed by atoms with Crippen molar-refractivity contribution in [2.24, 2.45) is 5.41 Å². The number of halogens is 3.